The normalized spacial score (nSPS) is 42.5. The van der Waals surface area contributed by atoms with Crippen LogP contribution in [0.3, 0.4) is 0 Å². The molecule has 11 heavy (non-hydrogen) atoms. The molecule has 0 spiro atoms. The molecule has 2 rings (SSSR count). The van der Waals surface area contributed by atoms with Gasteiger partial charge in [-0.3, -0.25) is 4.79 Å². The molecule has 2 aliphatic heterocycles. The van der Waals surface area contributed by atoms with Crippen molar-refractivity contribution in [2.45, 2.75) is 25.4 Å². The van der Waals surface area contributed by atoms with E-state index in [9.17, 15) is 4.79 Å². The van der Waals surface area contributed by atoms with Gasteiger partial charge in [0.2, 0.25) is 0 Å². The number of ketones is 1. The van der Waals surface area contributed by atoms with Gasteiger partial charge in [-0.05, 0) is 25.8 Å². The van der Waals surface area contributed by atoms with Crippen molar-refractivity contribution in [3.63, 3.8) is 0 Å². The van der Waals surface area contributed by atoms with Gasteiger partial charge >= 0.3 is 0 Å². The van der Waals surface area contributed by atoms with Crippen LogP contribution in [-0.4, -0.2) is 31.0 Å². The number of hydrogen-bond donors (Lipinski definition) is 2. The lowest BCUT2D eigenvalue weighted by atomic mass is 9.99. The summed E-state index contributed by atoms with van der Waals surface area (Å²) in [5, 5.41) is 6.61. The predicted molar refractivity (Wildman–Crippen MR) is 42.4 cm³/mol. The monoisotopic (exact) mass is 154 g/mol. The second-order valence-electron chi connectivity index (χ2n) is 3.53. The first-order valence-corrected chi connectivity index (χ1v) is 4.26. The molecular formula is C8H14N2O. The van der Waals surface area contributed by atoms with E-state index in [2.05, 4.69) is 10.6 Å². The van der Waals surface area contributed by atoms with Crippen molar-refractivity contribution in [1.82, 2.24) is 10.6 Å². The van der Waals surface area contributed by atoms with Crippen molar-refractivity contribution in [1.29, 1.82) is 0 Å². The molecule has 0 aliphatic carbocycles. The minimum atomic E-state index is 0.0856. The Morgan fingerprint density at radius 1 is 1.45 bits per heavy atom. The van der Waals surface area contributed by atoms with Crippen LogP contribution in [-0.2, 0) is 4.79 Å². The molecule has 0 radical (unpaired) electrons. The molecule has 0 amide bonds. The largest absolute Gasteiger partial charge is 0.312 e. The van der Waals surface area contributed by atoms with Gasteiger partial charge in [0, 0.05) is 12.6 Å². The molecule has 3 heteroatoms. The summed E-state index contributed by atoms with van der Waals surface area (Å²) < 4.78 is 0. The van der Waals surface area contributed by atoms with Gasteiger partial charge in [-0.1, -0.05) is 0 Å². The van der Waals surface area contributed by atoms with E-state index in [1.54, 1.807) is 6.92 Å². The zero-order valence-electron chi connectivity index (χ0n) is 6.76. The van der Waals surface area contributed by atoms with E-state index in [0.29, 0.717) is 12.0 Å². The van der Waals surface area contributed by atoms with Crippen molar-refractivity contribution < 1.29 is 4.79 Å². The van der Waals surface area contributed by atoms with Gasteiger partial charge in [0.05, 0.1) is 6.04 Å². The average Bonchev–Trinajstić information content (AvgIpc) is 2.41. The lowest BCUT2D eigenvalue weighted by molar-refractivity contribution is -0.119. The van der Waals surface area contributed by atoms with Crippen molar-refractivity contribution in [3.8, 4) is 0 Å². The van der Waals surface area contributed by atoms with Crippen LogP contribution in [0.25, 0.3) is 0 Å². The molecule has 3 unspecified atom stereocenters. The molecule has 0 bridgehead atoms. The highest BCUT2D eigenvalue weighted by Crippen LogP contribution is 2.23. The second kappa shape index (κ2) is 2.57. The van der Waals surface area contributed by atoms with Crippen LogP contribution >= 0.6 is 0 Å². The van der Waals surface area contributed by atoms with Crippen LogP contribution < -0.4 is 10.6 Å². The maximum atomic E-state index is 11.1. The Kier molecular flexibility index (Phi) is 1.69. The molecule has 2 saturated heterocycles. The van der Waals surface area contributed by atoms with E-state index in [4.69, 9.17) is 0 Å². The van der Waals surface area contributed by atoms with Crippen LogP contribution in [0.4, 0.5) is 0 Å². The third-order valence-corrected chi connectivity index (χ3v) is 2.80. The summed E-state index contributed by atoms with van der Waals surface area (Å²) in [6.45, 7) is 3.77. The summed E-state index contributed by atoms with van der Waals surface area (Å²) in [5.74, 6) is 0.968. The van der Waals surface area contributed by atoms with Crippen molar-refractivity contribution in [3.05, 3.63) is 0 Å². The van der Waals surface area contributed by atoms with E-state index >= 15 is 0 Å². The van der Waals surface area contributed by atoms with Crippen molar-refractivity contribution in [2.75, 3.05) is 13.1 Å². The summed E-state index contributed by atoms with van der Waals surface area (Å²) in [6, 6.07) is 0.509. The topological polar surface area (TPSA) is 41.1 Å². The Labute approximate surface area is 66.5 Å². The quantitative estimate of drug-likeness (QED) is 0.536. The molecule has 0 aromatic heterocycles. The molecule has 2 aliphatic rings. The van der Waals surface area contributed by atoms with Crippen molar-refractivity contribution >= 4 is 5.78 Å². The van der Waals surface area contributed by atoms with E-state index in [1.165, 1.54) is 6.42 Å². The van der Waals surface area contributed by atoms with E-state index in [-0.39, 0.29) is 11.8 Å². The first kappa shape index (κ1) is 7.25. The zero-order chi connectivity index (χ0) is 7.84. The third-order valence-electron chi connectivity index (χ3n) is 2.80. The Hall–Kier alpha value is -0.410. The highest BCUT2D eigenvalue weighted by Gasteiger charge is 2.40. The standard InChI is InChI=1S/C8H14N2O/c1-5(11)7-8-6(4-10-7)2-3-9-8/h6-10H,2-4H2,1H3. The van der Waals surface area contributed by atoms with Crippen LogP contribution in [0, 0.1) is 5.92 Å². The fourth-order valence-corrected chi connectivity index (χ4v) is 2.20. The number of rotatable bonds is 1. The number of hydrogen-bond acceptors (Lipinski definition) is 3. The minimum Gasteiger partial charge on any atom is -0.312 e. The predicted octanol–water partition coefficient (Wildman–Crippen LogP) is -0.475. The smallest absolute Gasteiger partial charge is 0.148 e. The highest BCUT2D eigenvalue weighted by molar-refractivity contribution is 5.82. The van der Waals surface area contributed by atoms with Gasteiger partial charge in [0.25, 0.3) is 0 Å². The fourth-order valence-electron chi connectivity index (χ4n) is 2.20. The van der Waals surface area contributed by atoms with Crippen molar-refractivity contribution in [2.24, 2.45) is 5.92 Å². The number of fused-ring (bicyclic) bond motifs is 1. The molecular weight excluding hydrogens is 140 g/mol. The SMILES string of the molecule is CC(=O)C1NCC2CCNC21. The summed E-state index contributed by atoms with van der Waals surface area (Å²) in [5.41, 5.74) is 0. The number of carbonyl (C=O) groups is 1. The van der Waals surface area contributed by atoms with Gasteiger partial charge in [-0.15, -0.1) is 0 Å². The molecule has 2 N–H and O–H groups in total. The van der Waals surface area contributed by atoms with E-state index < -0.39 is 0 Å². The second-order valence-corrected chi connectivity index (χ2v) is 3.53. The Bertz CT molecular complexity index is 181. The highest BCUT2D eigenvalue weighted by atomic mass is 16.1. The summed E-state index contributed by atoms with van der Waals surface area (Å²) in [7, 11) is 0. The maximum absolute atomic E-state index is 11.1. The van der Waals surface area contributed by atoms with Crippen LogP contribution in [0.1, 0.15) is 13.3 Å². The van der Waals surface area contributed by atoms with Crippen LogP contribution in [0.2, 0.25) is 0 Å². The maximum Gasteiger partial charge on any atom is 0.148 e. The van der Waals surface area contributed by atoms with Crippen LogP contribution in [0.15, 0.2) is 0 Å². The summed E-state index contributed by atoms with van der Waals surface area (Å²) >= 11 is 0. The summed E-state index contributed by atoms with van der Waals surface area (Å²) in [4.78, 5) is 11.1. The first-order valence-electron chi connectivity index (χ1n) is 4.26. The van der Waals surface area contributed by atoms with Crippen LogP contribution in [0.5, 0.6) is 0 Å². The first-order chi connectivity index (χ1) is 5.29. The Morgan fingerprint density at radius 3 is 3.00 bits per heavy atom. The molecule has 0 aromatic carbocycles. The average molecular weight is 154 g/mol. The number of nitrogens with one attached hydrogen (secondary N) is 2. The molecule has 0 saturated carbocycles. The molecule has 0 aromatic rings. The molecule has 3 nitrogen and oxygen atoms in total. The summed E-state index contributed by atoms with van der Waals surface area (Å²) in [6.07, 6.45) is 1.22. The molecule has 3 atom stereocenters. The van der Waals surface area contributed by atoms with E-state index in [0.717, 1.165) is 13.1 Å². The Morgan fingerprint density at radius 2 is 2.27 bits per heavy atom. The molecule has 2 heterocycles. The molecule has 2 fully saturated rings. The minimum absolute atomic E-state index is 0.0856. The van der Waals surface area contributed by atoms with Gasteiger partial charge < -0.3 is 10.6 Å². The number of Topliss-reactive ketones (excluding diaryl/α,β-unsaturated/α-hetero) is 1. The lowest BCUT2D eigenvalue weighted by Gasteiger charge is -2.14. The van der Waals surface area contributed by atoms with Gasteiger partial charge in [0.15, 0.2) is 0 Å². The van der Waals surface area contributed by atoms with E-state index in [1.807, 2.05) is 0 Å². The fraction of sp³-hybridized carbons (Fsp3) is 0.875. The number of carbonyl (C=O) groups excluding carboxylic acids is 1. The zero-order valence-corrected chi connectivity index (χ0v) is 6.76. The van der Waals surface area contributed by atoms with Gasteiger partial charge in [0.1, 0.15) is 5.78 Å². The lowest BCUT2D eigenvalue weighted by Crippen LogP contribution is -2.43. The third kappa shape index (κ3) is 1.08. The molecule has 62 valence electrons. The van der Waals surface area contributed by atoms with Gasteiger partial charge in [-0.2, -0.15) is 0 Å². The Balaban J connectivity index is 2.08. The van der Waals surface area contributed by atoms with Gasteiger partial charge in [-0.25, -0.2) is 0 Å².